The summed E-state index contributed by atoms with van der Waals surface area (Å²) in [6, 6.07) is 9.44. The first-order valence-electron chi connectivity index (χ1n) is 7.03. The van der Waals surface area contributed by atoms with Crippen LogP contribution in [-0.4, -0.2) is 17.4 Å². The average molecular weight is 322 g/mol. The number of nitrogens with one attached hydrogen (secondary N) is 1. The molecule has 2 aromatic rings. The van der Waals surface area contributed by atoms with Gasteiger partial charge >= 0.3 is 0 Å². The van der Waals surface area contributed by atoms with Gasteiger partial charge in [-0.2, -0.15) is 0 Å². The number of Topliss-reactive ketones (excluding diaryl/α,β-unsaturated/α-hetero) is 1. The maximum atomic E-state index is 10.7. The van der Waals surface area contributed by atoms with Gasteiger partial charge in [-0.25, -0.2) is 0 Å². The minimum atomic E-state index is -0.378. The van der Waals surface area contributed by atoms with Crippen LogP contribution in [0.4, 0.5) is 0 Å². The minimum Gasteiger partial charge on any atom is -0.493 e. The highest BCUT2D eigenvalue weighted by atomic mass is 35.5. The number of hydrogen-bond acceptors (Lipinski definition) is 3. The van der Waals surface area contributed by atoms with Gasteiger partial charge in [0.25, 0.3) is 5.56 Å². The fourth-order valence-corrected chi connectivity index (χ4v) is 1.76. The van der Waals surface area contributed by atoms with Crippen molar-refractivity contribution in [2.24, 2.45) is 0 Å². The van der Waals surface area contributed by atoms with E-state index >= 15 is 0 Å². The molecule has 2 rings (SSSR count). The lowest BCUT2D eigenvalue weighted by atomic mass is 10.2. The highest BCUT2D eigenvalue weighted by Crippen LogP contribution is 2.15. The van der Waals surface area contributed by atoms with Crippen LogP contribution < -0.4 is 10.3 Å². The van der Waals surface area contributed by atoms with Gasteiger partial charge in [-0.3, -0.25) is 9.59 Å². The topological polar surface area (TPSA) is 59.2 Å². The summed E-state index contributed by atoms with van der Waals surface area (Å²) in [4.78, 5) is 23.8. The summed E-state index contributed by atoms with van der Waals surface area (Å²) in [5.41, 5.74) is 1.24. The molecule has 0 fully saturated rings. The molecule has 0 bridgehead atoms. The minimum absolute atomic E-state index is 0.0395. The molecule has 0 aliphatic carbocycles. The number of ether oxygens (including phenoxy) is 1. The molecule has 1 N–H and O–H groups in total. The number of hydrogen-bond donors (Lipinski definition) is 1. The number of carbonyl (C=O) groups is 1. The van der Waals surface area contributed by atoms with E-state index < -0.39 is 0 Å². The number of rotatable bonds is 4. The second-order valence-electron chi connectivity index (χ2n) is 4.74. The Balaban J connectivity index is 0.000000220. The third-order valence-electron chi connectivity index (χ3n) is 2.82. The number of aromatic amines is 1. The van der Waals surface area contributed by atoms with E-state index in [1.807, 2.05) is 18.2 Å². The molecule has 0 amide bonds. The maximum Gasteiger partial charge on any atom is 0.266 e. The van der Waals surface area contributed by atoms with Crippen LogP contribution in [0.15, 0.2) is 41.3 Å². The highest BCUT2D eigenvalue weighted by Gasteiger charge is 2.01. The molecule has 0 spiro atoms. The van der Waals surface area contributed by atoms with Gasteiger partial charge in [-0.05, 0) is 38.0 Å². The summed E-state index contributed by atoms with van der Waals surface area (Å²) in [7, 11) is 0. The first-order chi connectivity index (χ1) is 10.5. The molecule has 5 heteroatoms. The Bertz CT molecular complexity index is 680. The van der Waals surface area contributed by atoms with Crippen molar-refractivity contribution < 1.29 is 9.53 Å². The van der Waals surface area contributed by atoms with E-state index in [-0.39, 0.29) is 16.4 Å². The van der Waals surface area contributed by atoms with Crippen molar-refractivity contribution in [3.05, 3.63) is 63.0 Å². The molecule has 4 nitrogen and oxygen atoms in total. The Morgan fingerprint density at radius 2 is 2.00 bits per heavy atom. The van der Waals surface area contributed by atoms with Crippen molar-refractivity contribution in [3.63, 3.8) is 0 Å². The molecule has 0 atom stereocenters. The molecule has 118 valence electrons. The molecule has 0 aliphatic rings. The zero-order valence-electron chi connectivity index (χ0n) is 13.0. The first kappa shape index (κ1) is 18.0. The summed E-state index contributed by atoms with van der Waals surface area (Å²) in [6.45, 7) is 6.39. The van der Waals surface area contributed by atoms with Crippen molar-refractivity contribution >= 4 is 17.4 Å². The van der Waals surface area contributed by atoms with Crippen LogP contribution in [0.1, 0.15) is 36.2 Å². The van der Waals surface area contributed by atoms with Crippen LogP contribution >= 0.6 is 11.6 Å². The van der Waals surface area contributed by atoms with Crippen LogP contribution in [0.5, 0.6) is 5.75 Å². The Hall–Kier alpha value is -2.07. The van der Waals surface area contributed by atoms with Crippen molar-refractivity contribution in [2.45, 2.75) is 27.2 Å². The first-order valence-corrected chi connectivity index (χ1v) is 7.41. The monoisotopic (exact) mass is 321 g/mol. The van der Waals surface area contributed by atoms with Gasteiger partial charge in [0.1, 0.15) is 10.8 Å². The molecule has 1 aromatic heterocycles. The SMILES string of the molecule is CC(=O)c1c[nH]c(=O)c(Cl)c1.CCCOc1ccccc1C. The Kier molecular flexibility index (Phi) is 7.40. The number of benzene rings is 1. The second-order valence-corrected chi connectivity index (χ2v) is 5.14. The van der Waals surface area contributed by atoms with Crippen LogP contribution in [-0.2, 0) is 0 Å². The van der Waals surface area contributed by atoms with Crippen molar-refractivity contribution in [2.75, 3.05) is 6.61 Å². The van der Waals surface area contributed by atoms with Crippen molar-refractivity contribution in [3.8, 4) is 5.75 Å². The van der Waals surface area contributed by atoms with Gasteiger partial charge in [0.15, 0.2) is 5.78 Å². The number of pyridine rings is 1. The molecule has 1 aromatic carbocycles. The number of aromatic nitrogens is 1. The largest absolute Gasteiger partial charge is 0.493 e. The highest BCUT2D eigenvalue weighted by molar-refractivity contribution is 6.30. The van der Waals surface area contributed by atoms with Gasteiger partial charge < -0.3 is 9.72 Å². The Labute approximate surface area is 135 Å². The lowest BCUT2D eigenvalue weighted by Gasteiger charge is -2.06. The molecule has 0 saturated heterocycles. The summed E-state index contributed by atoms with van der Waals surface area (Å²) in [6.07, 6.45) is 2.41. The van der Waals surface area contributed by atoms with Gasteiger partial charge in [-0.15, -0.1) is 0 Å². The fourth-order valence-electron chi connectivity index (χ4n) is 1.59. The normalized spacial score (nSPS) is 9.64. The van der Waals surface area contributed by atoms with Gasteiger partial charge in [0, 0.05) is 11.8 Å². The number of carbonyl (C=O) groups excluding carboxylic acids is 1. The lowest BCUT2D eigenvalue weighted by molar-refractivity contribution is 0.101. The van der Waals surface area contributed by atoms with Crippen LogP contribution in [0.3, 0.4) is 0 Å². The molecule has 0 aliphatic heterocycles. The molecule has 22 heavy (non-hydrogen) atoms. The Morgan fingerprint density at radius 1 is 1.32 bits per heavy atom. The fraction of sp³-hybridized carbons (Fsp3) is 0.294. The number of H-pyrrole nitrogens is 1. The molecular weight excluding hydrogens is 302 g/mol. The van der Waals surface area contributed by atoms with Gasteiger partial charge in [0.2, 0.25) is 0 Å². The molecule has 1 heterocycles. The molecular formula is C17H20ClNO3. The van der Waals surface area contributed by atoms with Crippen molar-refractivity contribution in [1.29, 1.82) is 0 Å². The van der Waals surface area contributed by atoms with Gasteiger partial charge in [0.05, 0.1) is 6.61 Å². The quantitative estimate of drug-likeness (QED) is 0.865. The van der Waals surface area contributed by atoms with E-state index in [2.05, 4.69) is 24.9 Å². The summed E-state index contributed by atoms with van der Waals surface area (Å²) in [5, 5.41) is 0.0395. The predicted octanol–water partition coefficient (Wildman–Crippen LogP) is 4.01. The number of halogens is 1. The summed E-state index contributed by atoms with van der Waals surface area (Å²) >= 11 is 5.46. The van der Waals surface area contributed by atoms with E-state index in [1.165, 1.54) is 24.8 Å². The number of ketones is 1. The third-order valence-corrected chi connectivity index (χ3v) is 3.10. The Morgan fingerprint density at radius 3 is 2.55 bits per heavy atom. The standard InChI is InChI=1S/C10H14O.C7H6ClNO2/c1-3-8-11-10-7-5-4-6-9(10)2;1-4(10)5-2-6(8)7(11)9-3-5/h4-7H,3,8H2,1-2H3;2-3H,1H3,(H,9,11). The smallest absolute Gasteiger partial charge is 0.266 e. The van der Waals surface area contributed by atoms with E-state index in [0.29, 0.717) is 5.56 Å². The van der Waals surface area contributed by atoms with Crippen LogP contribution in [0.2, 0.25) is 5.02 Å². The second kappa shape index (κ2) is 9.05. The van der Waals surface area contributed by atoms with Crippen molar-refractivity contribution in [1.82, 2.24) is 4.98 Å². The number of para-hydroxylation sites is 1. The van der Waals surface area contributed by atoms with E-state index in [1.54, 1.807) is 0 Å². The molecule has 0 unspecified atom stereocenters. The van der Waals surface area contributed by atoms with E-state index in [4.69, 9.17) is 16.3 Å². The average Bonchev–Trinajstić information content (AvgIpc) is 2.50. The zero-order valence-corrected chi connectivity index (χ0v) is 13.7. The van der Waals surface area contributed by atoms with Crippen LogP contribution in [0, 0.1) is 6.92 Å². The number of aryl methyl sites for hydroxylation is 1. The molecule has 0 saturated carbocycles. The van der Waals surface area contributed by atoms with E-state index in [0.717, 1.165) is 18.8 Å². The summed E-state index contributed by atoms with van der Waals surface area (Å²) < 4.78 is 5.49. The molecule has 0 radical (unpaired) electrons. The third kappa shape index (κ3) is 5.74. The predicted molar refractivity (Wildman–Crippen MR) is 89.0 cm³/mol. The zero-order chi connectivity index (χ0) is 16.5. The van der Waals surface area contributed by atoms with Gasteiger partial charge in [-0.1, -0.05) is 36.7 Å². The summed E-state index contributed by atoms with van der Waals surface area (Å²) in [5.74, 6) is 0.887. The van der Waals surface area contributed by atoms with E-state index in [9.17, 15) is 9.59 Å². The van der Waals surface area contributed by atoms with Crippen LogP contribution in [0.25, 0.3) is 0 Å². The lowest BCUT2D eigenvalue weighted by Crippen LogP contribution is -2.07. The maximum absolute atomic E-state index is 10.7.